The molecule has 12 nitrogen and oxygen atoms in total. The maximum atomic E-state index is 6.87. The normalized spacial score (nSPS) is 16.9. The summed E-state index contributed by atoms with van der Waals surface area (Å²) >= 11 is 0. The number of fused-ring (bicyclic) bond motifs is 6. The van der Waals surface area contributed by atoms with Gasteiger partial charge in [0.2, 0.25) is 0 Å². The molecule has 0 aromatic heterocycles. The van der Waals surface area contributed by atoms with E-state index in [1.165, 1.54) is 0 Å². The third kappa shape index (κ3) is 12.6. The van der Waals surface area contributed by atoms with Crippen molar-refractivity contribution >= 4 is 12.2 Å². The van der Waals surface area contributed by atoms with Crippen LogP contribution in [0.1, 0.15) is 55.6 Å². The highest BCUT2D eigenvalue weighted by Crippen LogP contribution is 2.39. The summed E-state index contributed by atoms with van der Waals surface area (Å²) in [6.45, 7) is 4.19. The highest BCUT2D eigenvalue weighted by atomic mass is 17.2. The van der Waals surface area contributed by atoms with Gasteiger partial charge in [0.15, 0.2) is 0 Å². The number of rotatable bonds is 0. The van der Waals surface area contributed by atoms with Crippen molar-refractivity contribution in [1.29, 1.82) is 0 Å². The molecule has 68 heavy (non-hydrogen) atoms. The highest BCUT2D eigenvalue weighted by molar-refractivity contribution is 5.75. The van der Waals surface area contributed by atoms with E-state index in [1.807, 2.05) is 48.5 Å². The zero-order valence-corrected chi connectivity index (χ0v) is 38.3. The minimum atomic E-state index is 0.205. The summed E-state index contributed by atoms with van der Waals surface area (Å²) in [7, 11) is 0. The van der Waals surface area contributed by atoms with Gasteiger partial charge < -0.3 is 37.9 Å². The van der Waals surface area contributed by atoms with Crippen molar-refractivity contribution in [2.45, 2.75) is 25.7 Å². The Hall–Kier alpha value is -6.38. The fraction of sp³-hybridized carbons (Fsp3) is 0.321. The number of benzene rings is 6. The van der Waals surface area contributed by atoms with E-state index in [9.17, 15) is 0 Å². The van der Waals surface area contributed by atoms with E-state index >= 15 is 0 Å². The molecule has 0 unspecified atom stereocenters. The van der Waals surface area contributed by atoms with Crippen LogP contribution >= 0.6 is 0 Å². The molecule has 0 fully saturated rings. The van der Waals surface area contributed by atoms with Gasteiger partial charge in [0.25, 0.3) is 0 Å². The lowest BCUT2D eigenvalue weighted by atomic mass is 9.91. The Morgan fingerprint density at radius 2 is 0.500 bits per heavy atom. The summed E-state index contributed by atoms with van der Waals surface area (Å²) in [5, 5.41) is 0. The van der Waals surface area contributed by atoms with Crippen molar-refractivity contribution in [3.05, 3.63) is 177 Å². The molecule has 6 aromatic carbocycles. The van der Waals surface area contributed by atoms with Crippen LogP contribution in [0.3, 0.4) is 0 Å². The van der Waals surface area contributed by atoms with E-state index in [1.54, 1.807) is 0 Å². The lowest BCUT2D eigenvalue weighted by Gasteiger charge is -2.23. The fourth-order valence-corrected chi connectivity index (χ4v) is 8.60. The molecule has 3 aliphatic heterocycles. The molecule has 0 saturated heterocycles. The molecule has 0 saturated carbocycles. The third-order valence-electron chi connectivity index (χ3n) is 11.7. The Morgan fingerprint density at radius 3 is 0.838 bits per heavy atom. The number of hydrogen-bond acceptors (Lipinski definition) is 12. The smallest absolute Gasteiger partial charge is 0.126 e. The highest BCUT2D eigenvalue weighted by Gasteiger charge is 2.22. The van der Waals surface area contributed by atoms with Gasteiger partial charge in [0.1, 0.15) is 101 Å². The summed E-state index contributed by atoms with van der Waals surface area (Å²) in [5.74, 6) is 4.62. The first-order valence-electron chi connectivity index (χ1n) is 23.5. The monoisotopic (exact) mass is 922 g/mol. The lowest BCUT2D eigenvalue weighted by molar-refractivity contribution is -0.303. The van der Waals surface area contributed by atoms with Gasteiger partial charge in [-0.15, -0.1) is 0 Å². The molecule has 0 atom stereocenters. The Bertz CT molecular complexity index is 2330. The van der Waals surface area contributed by atoms with E-state index in [0.29, 0.717) is 78.5 Å². The van der Waals surface area contributed by atoms with Gasteiger partial charge in [-0.2, -0.15) is 0 Å². The van der Waals surface area contributed by atoms with Crippen molar-refractivity contribution < 1.29 is 57.4 Å². The van der Waals surface area contributed by atoms with Crippen LogP contribution in [0.2, 0.25) is 0 Å². The second kappa shape index (κ2) is 24.6. The van der Waals surface area contributed by atoms with E-state index in [2.05, 4.69) is 84.9 Å². The molecule has 12 bridgehead atoms. The SMILES string of the molecule is C1=Cc2ccccc2OCCOc2c3cccc2Cc2cccc4c2OCCOOCCOCCOCCOOCCOc2c(cccc2C3)Cc2cccc(c2OCCOc2ccccc21)C4. The summed E-state index contributed by atoms with van der Waals surface area (Å²) in [4.78, 5) is 22.0. The van der Waals surface area contributed by atoms with Gasteiger partial charge in [0.05, 0.1) is 26.4 Å². The fourth-order valence-electron chi connectivity index (χ4n) is 8.60. The first-order chi connectivity index (χ1) is 33.8. The molecule has 1 aliphatic carbocycles. The van der Waals surface area contributed by atoms with Gasteiger partial charge in [-0.1, -0.05) is 121 Å². The predicted molar refractivity (Wildman–Crippen MR) is 257 cm³/mol. The Labute approximate surface area is 398 Å². The largest absolute Gasteiger partial charge is 0.490 e. The minimum Gasteiger partial charge on any atom is -0.490 e. The van der Waals surface area contributed by atoms with Crippen LogP contribution in [0.5, 0.6) is 34.5 Å². The summed E-state index contributed by atoms with van der Waals surface area (Å²) in [6, 6.07) is 41.4. The van der Waals surface area contributed by atoms with Crippen LogP contribution in [0.15, 0.2) is 121 Å². The Morgan fingerprint density at radius 1 is 0.235 bits per heavy atom. The van der Waals surface area contributed by atoms with Crippen molar-refractivity contribution in [3.63, 3.8) is 0 Å². The van der Waals surface area contributed by atoms with Gasteiger partial charge in [-0.3, -0.25) is 0 Å². The van der Waals surface area contributed by atoms with E-state index < -0.39 is 0 Å². The van der Waals surface area contributed by atoms with Gasteiger partial charge in [0, 0.05) is 36.8 Å². The number of ether oxygens (including phenoxy) is 8. The van der Waals surface area contributed by atoms with Crippen molar-refractivity contribution in [3.8, 4) is 34.5 Å². The number of para-hydroxylation sites is 6. The van der Waals surface area contributed by atoms with Crippen LogP contribution in [-0.2, 0) is 54.7 Å². The molecule has 3 heterocycles. The van der Waals surface area contributed by atoms with Gasteiger partial charge in [-0.05, 0) is 56.6 Å². The molecule has 0 amide bonds. The summed E-state index contributed by atoms with van der Waals surface area (Å²) < 4.78 is 51.4. The zero-order valence-electron chi connectivity index (χ0n) is 38.3. The topological polar surface area (TPSA) is 111 Å². The van der Waals surface area contributed by atoms with E-state index in [0.717, 1.165) is 90.1 Å². The third-order valence-corrected chi connectivity index (χ3v) is 11.7. The maximum absolute atomic E-state index is 6.87. The standard InChI is InChI=1S/C56H58O12/c1-3-19-51-41(9-1)21-22-42-10-2-4-20-52(42)60-28-30-62-54-45-13-6-14-46(54)40-50-18-8-16-48-38-44-12-5-11-43(53(44)61-29-27-59-51)37-47-15-7-17-49(39-45)55(47)63-31-35-67-65-33-25-57-23-24-58-26-34-66-68-36-32-64-56(48)50/h1-22H,23-40H2. The van der Waals surface area contributed by atoms with Crippen molar-refractivity contribution in [2.24, 2.45) is 0 Å². The van der Waals surface area contributed by atoms with Gasteiger partial charge >= 0.3 is 0 Å². The van der Waals surface area contributed by atoms with Crippen LogP contribution in [0, 0.1) is 0 Å². The van der Waals surface area contributed by atoms with Gasteiger partial charge in [-0.25, -0.2) is 19.6 Å². The van der Waals surface area contributed by atoms with Crippen LogP contribution in [0.4, 0.5) is 0 Å². The molecular formula is C56H58O12. The van der Waals surface area contributed by atoms with E-state index in [4.69, 9.17) is 57.4 Å². The molecule has 12 heteroatoms. The Balaban J connectivity index is 1.16. The first-order valence-corrected chi connectivity index (χ1v) is 23.5. The molecular weight excluding hydrogens is 865 g/mol. The van der Waals surface area contributed by atoms with Crippen molar-refractivity contribution in [1.82, 2.24) is 0 Å². The molecule has 10 rings (SSSR count). The molecule has 354 valence electrons. The first kappa shape index (κ1) is 46.7. The second-order valence-electron chi connectivity index (χ2n) is 16.3. The quantitative estimate of drug-likeness (QED) is 0.135. The average molecular weight is 923 g/mol. The zero-order chi connectivity index (χ0) is 46.0. The van der Waals surface area contributed by atoms with E-state index in [-0.39, 0.29) is 39.6 Å². The van der Waals surface area contributed by atoms with Crippen molar-refractivity contribution in [2.75, 3.05) is 92.5 Å². The predicted octanol–water partition coefficient (Wildman–Crippen LogP) is 9.46. The summed E-state index contributed by atoms with van der Waals surface area (Å²) in [6.07, 6.45) is 6.23. The maximum Gasteiger partial charge on any atom is 0.126 e. The van der Waals surface area contributed by atoms with Crippen LogP contribution < -0.4 is 28.4 Å². The Kier molecular flexibility index (Phi) is 16.9. The molecule has 0 radical (unpaired) electrons. The average Bonchev–Trinajstić information content (AvgIpc) is 3.35. The summed E-state index contributed by atoms with van der Waals surface area (Å²) in [5.41, 5.74) is 9.91. The molecule has 0 N–H and O–H groups in total. The van der Waals surface area contributed by atoms with Crippen LogP contribution in [0.25, 0.3) is 12.2 Å². The molecule has 4 aliphatic rings. The minimum absolute atomic E-state index is 0.205. The lowest BCUT2D eigenvalue weighted by Crippen LogP contribution is -2.15. The number of hydrogen-bond donors (Lipinski definition) is 0. The van der Waals surface area contributed by atoms with Crippen LogP contribution in [-0.4, -0.2) is 92.5 Å². The molecule has 0 spiro atoms. The molecule has 6 aromatic rings. The second-order valence-corrected chi connectivity index (χ2v) is 16.3.